The Morgan fingerprint density at radius 1 is 1.25 bits per heavy atom. The number of benzene rings is 1. The van der Waals surface area contributed by atoms with Gasteiger partial charge in [0.1, 0.15) is 6.33 Å². The minimum Gasteiger partial charge on any atom is -0.350 e. The number of aromatic amines is 1. The fraction of sp³-hybridized carbons (Fsp3) is 0.231. The first kappa shape index (κ1) is 13.7. The first-order chi connectivity index (χ1) is 9.56. The molecule has 0 bridgehead atoms. The highest BCUT2D eigenvalue weighted by molar-refractivity contribution is 6.02. The third kappa shape index (κ3) is 3.41. The van der Waals surface area contributed by atoms with Gasteiger partial charge in [-0.3, -0.25) is 14.7 Å². The predicted molar refractivity (Wildman–Crippen MR) is 73.4 cm³/mol. The topological polar surface area (TPSA) is 99.8 Å². The quantitative estimate of drug-likeness (QED) is 0.779. The van der Waals surface area contributed by atoms with E-state index < -0.39 is 5.91 Å². The van der Waals surface area contributed by atoms with Crippen molar-refractivity contribution in [3.63, 3.8) is 0 Å². The number of carbonyl (C=O) groups excluding carboxylic acids is 2. The van der Waals surface area contributed by atoms with Gasteiger partial charge in [0.25, 0.3) is 11.8 Å². The lowest BCUT2D eigenvalue weighted by atomic mass is 10.1. The number of nitrogens with one attached hydrogen (secondary N) is 3. The molecule has 0 saturated heterocycles. The summed E-state index contributed by atoms with van der Waals surface area (Å²) in [7, 11) is 0. The second-order valence-electron chi connectivity index (χ2n) is 4.50. The van der Waals surface area contributed by atoms with Gasteiger partial charge < -0.3 is 10.6 Å². The number of carbonyl (C=O) groups is 2. The number of hydrogen-bond donors (Lipinski definition) is 3. The number of H-pyrrole nitrogens is 1. The zero-order valence-electron chi connectivity index (χ0n) is 11.2. The molecule has 0 saturated carbocycles. The highest BCUT2D eigenvalue weighted by Gasteiger charge is 2.11. The average Bonchev–Trinajstić information content (AvgIpc) is 2.92. The maximum Gasteiger partial charge on any atom is 0.292 e. The normalized spacial score (nSPS) is 10.3. The number of hydrogen-bond acceptors (Lipinski definition) is 4. The van der Waals surface area contributed by atoms with Gasteiger partial charge in [-0.25, -0.2) is 4.98 Å². The molecule has 104 valence electrons. The van der Waals surface area contributed by atoms with E-state index in [0.29, 0.717) is 11.3 Å². The standard InChI is InChI=1S/C13H15N5O2/c1-8(2)16-12(19)9-4-3-5-10(6-9)17-13(20)11-14-7-15-18-11/h3-8H,1-2H3,(H,16,19)(H,17,20)(H,14,15,18). The number of rotatable bonds is 4. The Morgan fingerprint density at radius 2 is 2.05 bits per heavy atom. The summed E-state index contributed by atoms with van der Waals surface area (Å²) in [5, 5.41) is 11.5. The molecule has 7 nitrogen and oxygen atoms in total. The van der Waals surface area contributed by atoms with Crippen LogP contribution in [0, 0.1) is 0 Å². The molecule has 2 aromatic rings. The van der Waals surface area contributed by atoms with E-state index in [1.807, 2.05) is 13.8 Å². The van der Waals surface area contributed by atoms with Gasteiger partial charge in [0.15, 0.2) is 0 Å². The summed E-state index contributed by atoms with van der Waals surface area (Å²) in [4.78, 5) is 27.4. The number of aromatic nitrogens is 3. The van der Waals surface area contributed by atoms with Crippen molar-refractivity contribution in [2.75, 3.05) is 5.32 Å². The van der Waals surface area contributed by atoms with Gasteiger partial charge >= 0.3 is 0 Å². The molecule has 3 N–H and O–H groups in total. The summed E-state index contributed by atoms with van der Waals surface area (Å²) < 4.78 is 0. The summed E-state index contributed by atoms with van der Waals surface area (Å²) in [5.41, 5.74) is 0.997. The van der Waals surface area contributed by atoms with E-state index in [-0.39, 0.29) is 17.8 Å². The summed E-state index contributed by atoms with van der Waals surface area (Å²) in [5.74, 6) is -0.485. The minimum atomic E-state index is -0.413. The molecule has 0 fully saturated rings. The Kier molecular flexibility index (Phi) is 4.09. The third-order valence-electron chi connectivity index (χ3n) is 2.43. The fourth-order valence-electron chi connectivity index (χ4n) is 1.59. The van der Waals surface area contributed by atoms with Gasteiger partial charge in [0.2, 0.25) is 5.82 Å². The molecule has 7 heteroatoms. The van der Waals surface area contributed by atoms with E-state index in [1.54, 1.807) is 24.3 Å². The van der Waals surface area contributed by atoms with Crippen molar-refractivity contribution in [2.45, 2.75) is 19.9 Å². The van der Waals surface area contributed by atoms with Gasteiger partial charge in [-0.2, -0.15) is 5.10 Å². The third-order valence-corrected chi connectivity index (χ3v) is 2.43. The number of amides is 2. The highest BCUT2D eigenvalue weighted by Crippen LogP contribution is 2.11. The van der Waals surface area contributed by atoms with Crippen LogP contribution < -0.4 is 10.6 Å². The summed E-state index contributed by atoms with van der Waals surface area (Å²) in [6, 6.07) is 6.73. The lowest BCUT2D eigenvalue weighted by molar-refractivity contribution is 0.0941. The van der Waals surface area contributed by atoms with Crippen molar-refractivity contribution in [3.05, 3.63) is 42.0 Å². The van der Waals surface area contributed by atoms with E-state index >= 15 is 0 Å². The fourth-order valence-corrected chi connectivity index (χ4v) is 1.59. The molecule has 0 aliphatic rings. The maximum absolute atomic E-state index is 11.9. The molecule has 0 unspecified atom stereocenters. The van der Waals surface area contributed by atoms with E-state index in [0.717, 1.165) is 0 Å². The van der Waals surface area contributed by atoms with Crippen molar-refractivity contribution < 1.29 is 9.59 Å². The SMILES string of the molecule is CC(C)NC(=O)c1cccc(NC(=O)c2ncn[nH]2)c1. The molecule has 0 radical (unpaired) electrons. The number of nitrogens with zero attached hydrogens (tertiary/aromatic N) is 2. The van der Waals surface area contributed by atoms with Crippen LogP contribution in [0.25, 0.3) is 0 Å². The largest absolute Gasteiger partial charge is 0.350 e. The molecule has 0 atom stereocenters. The van der Waals surface area contributed by atoms with Crippen LogP contribution in [0.2, 0.25) is 0 Å². The Balaban J connectivity index is 2.10. The van der Waals surface area contributed by atoms with Crippen LogP contribution in [0.1, 0.15) is 34.8 Å². The smallest absolute Gasteiger partial charge is 0.292 e. The highest BCUT2D eigenvalue weighted by atomic mass is 16.2. The molecule has 20 heavy (non-hydrogen) atoms. The zero-order chi connectivity index (χ0) is 14.5. The Hall–Kier alpha value is -2.70. The molecule has 0 spiro atoms. The van der Waals surface area contributed by atoms with Crippen molar-refractivity contribution in [2.24, 2.45) is 0 Å². The van der Waals surface area contributed by atoms with Gasteiger partial charge in [0, 0.05) is 17.3 Å². The second-order valence-corrected chi connectivity index (χ2v) is 4.50. The zero-order valence-corrected chi connectivity index (χ0v) is 11.2. The van der Waals surface area contributed by atoms with Crippen LogP contribution in [-0.4, -0.2) is 33.0 Å². The van der Waals surface area contributed by atoms with Crippen LogP contribution in [0.5, 0.6) is 0 Å². The van der Waals surface area contributed by atoms with Gasteiger partial charge in [-0.1, -0.05) is 6.07 Å². The van der Waals surface area contributed by atoms with Crippen LogP contribution in [0.4, 0.5) is 5.69 Å². The van der Waals surface area contributed by atoms with Crippen LogP contribution in [0.15, 0.2) is 30.6 Å². The first-order valence-corrected chi connectivity index (χ1v) is 6.14. The monoisotopic (exact) mass is 273 g/mol. The molecule has 2 amide bonds. The van der Waals surface area contributed by atoms with Crippen LogP contribution >= 0.6 is 0 Å². The molecule has 0 aliphatic carbocycles. The Bertz CT molecular complexity index is 607. The van der Waals surface area contributed by atoms with Crippen LogP contribution in [0.3, 0.4) is 0 Å². The molecule has 2 rings (SSSR count). The Labute approximate surface area is 115 Å². The molecule has 1 aromatic heterocycles. The molecular weight excluding hydrogens is 258 g/mol. The Morgan fingerprint density at radius 3 is 2.70 bits per heavy atom. The summed E-state index contributed by atoms with van der Waals surface area (Å²) >= 11 is 0. The molecule has 1 aromatic carbocycles. The molecule has 0 aliphatic heterocycles. The van der Waals surface area contributed by atoms with Gasteiger partial charge in [-0.15, -0.1) is 0 Å². The van der Waals surface area contributed by atoms with Crippen molar-refractivity contribution in [3.8, 4) is 0 Å². The van der Waals surface area contributed by atoms with E-state index in [2.05, 4.69) is 25.8 Å². The summed E-state index contributed by atoms with van der Waals surface area (Å²) in [6.07, 6.45) is 1.25. The average molecular weight is 273 g/mol. The maximum atomic E-state index is 11.9. The summed E-state index contributed by atoms with van der Waals surface area (Å²) in [6.45, 7) is 3.76. The van der Waals surface area contributed by atoms with Gasteiger partial charge in [0.05, 0.1) is 0 Å². The molecule has 1 heterocycles. The van der Waals surface area contributed by atoms with Crippen molar-refractivity contribution >= 4 is 17.5 Å². The number of anilines is 1. The van der Waals surface area contributed by atoms with Crippen molar-refractivity contribution in [1.82, 2.24) is 20.5 Å². The molecular formula is C13H15N5O2. The minimum absolute atomic E-state index is 0.0509. The lowest BCUT2D eigenvalue weighted by Crippen LogP contribution is -2.30. The lowest BCUT2D eigenvalue weighted by Gasteiger charge is -2.09. The second kappa shape index (κ2) is 5.96. The van der Waals surface area contributed by atoms with Gasteiger partial charge in [-0.05, 0) is 32.0 Å². The predicted octanol–water partition coefficient (Wildman–Crippen LogP) is 1.20. The first-order valence-electron chi connectivity index (χ1n) is 6.14. The van der Waals surface area contributed by atoms with E-state index in [1.165, 1.54) is 6.33 Å². The van der Waals surface area contributed by atoms with E-state index in [9.17, 15) is 9.59 Å². The van der Waals surface area contributed by atoms with Crippen molar-refractivity contribution in [1.29, 1.82) is 0 Å². The van der Waals surface area contributed by atoms with Crippen LogP contribution in [-0.2, 0) is 0 Å². The van der Waals surface area contributed by atoms with E-state index in [4.69, 9.17) is 0 Å².